The molecule has 2 amide bonds. The van der Waals surface area contributed by atoms with Gasteiger partial charge in [0.25, 0.3) is 0 Å². The van der Waals surface area contributed by atoms with E-state index in [0.717, 1.165) is 37.0 Å². The lowest BCUT2D eigenvalue weighted by atomic mass is 10.1. The zero-order valence-corrected chi connectivity index (χ0v) is 18.8. The van der Waals surface area contributed by atoms with Crippen LogP contribution in [0.2, 0.25) is 5.02 Å². The third-order valence-electron chi connectivity index (χ3n) is 5.68. The molecule has 0 aliphatic heterocycles. The molecule has 0 aromatic heterocycles. The minimum atomic E-state index is -0.523. The van der Waals surface area contributed by atoms with Gasteiger partial charge in [-0.15, -0.1) is 0 Å². The summed E-state index contributed by atoms with van der Waals surface area (Å²) in [4.78, 5) is 27.6. The molecule has 1 aliphatic rings. The van der Waals surface area contributed by atoms with Crippen molar-refractivity contribution < 1.29 is 14.3 Å². The fourth-order valence-corrected chi connectivity index (χ4v) is 3.97. The predicted molar refractivity (Wildman–Crippen MR) is 123 cm³/mol. The summed E-state index contributed by atoms with van der Waals surface area (Å²) in [5.41, 5.74) is 1.01. The van der Waals surface area contributed by atoms with E-state index >= 15 is 0 Å². The maximum absolute atomic E-state index is 13.1. The minimum Gasteiger partial charge on any atom is -0.494 e. The Morgan fingerprint density at radius 1 is 1.10 bits per heavy atom. The number of hydrogen-bond donors (Lipinski definition) is 1. The van der Waals surface area contributed by atoms with Gasteiger partial charge in [-0.2, -0.15) is 0 Å². The third-order valence-corrected chi connectivity index (χ3v) is 5.93. The zero-order chi connectivity index (χ0) is 22.1. The highest BCUT2D eigenvalue weighted by Crippen LogP contribution is 2.19. The van der Waals surface area contributed by atoms with E-state index in [2.05, 4.69) is 5.32 Å². The summed E-state index contributed by atoms with van der Waals surface area (Å²) in [6.07, 6.45) is 5.24. The van der Waals surface area contributed by atoms with Crippen molar-refractivity contribution in [2.75, 3.05) is 6.61 Å². The number of nitrogens with one attached hydrogen (secondary N) is 1. The quantitative estimate of drug-likeness (QED) is 0.528. The molecule has 0 spiro atoms. The Morgan fingerprint density at radius 3 is 2.45 bits per heavy atom. The molecule has 2 aromatic carbocycles. The monoisotopic (exact) mass is 442 g/mol. The van der Waals surface area contributed by atoms with Gasteiger partial charge in [0, 0.05) is 24.0 Å². The Labute approximate surface area is 189 Å². The smallest absolute Gasteiger partial charge is 0.242 e. The first-order valence-electron chi connectivity index (χ1n) is 11.0. The molecule has 1 aliphatic carbocycles. The number of carbonyl (C=O) groups excluding carboxylic acids is 2. The molecule has 0 radical (unpaired) electrons. The topological polar surface area (TPSA) is 58.6 Å². The third kappa shape index (κ3) is 7.28. The van der Waals surface area contributed by atoms with Gasteiger partial charge in [-0.05, 0) is 56.0 Å². The fourth-order valence-electron chi connectivity index (χ4n) is 3.84. The van der Waals surface area contributed by atoms with Crippen LogP contribution in [0.5, 0.6) is 5.75 Å². The number of hydrogen-bond acceptors (Lipinski definition) is 3. The number of halogens is 1. The molecule has 0 saturated heterocycles. The van der Waals surface area contributed by atoms with E-state index in [1.807, 2.05) is 37.3 Å². The molecule has 0 bridgehead atoms. The molecular weight excluding hydrogens is 412 g/mol. The lowest BCUT2D eigenvalue weighted by Crippen LogP contribution is -2.49. The summed E-state index contributed by atoms with van der Waals surface area (Å²) >= 11 is 5.89. The molecule has 6 heteroatoms. The Kier molecular flexibility index (Phi) is 8.77. The highest BCUT2D eigenvalue weighted by molar-refractivity contribution is 6.30. The van der Waals surface area contributed by atoms with Crippen molar-refractivity contribution in [3.8, 4) is 5.75 Å². The zero-order valence-electron chi connectivity index (χ0n) is 18.1. The molecule has 3 rings (SSSR count). The van der Waals surface area contributed by atoms with Crippen molar-refractivity contribution in [3.63, 3.8) is 0 Å². The number of rotatable bonds is 10. The Morgan fingerprint density at radius 2 is 1.77 bits per heavy atom. The minimum absolute atomic E-state index is 0.0439. The van der Waals surface area contributed by atoms with Crippen molar-refractivity contribution in [3.05, 3.63) is 65.2 Å². The van der Waals surface area contributed by atoms with Crippen LogP contribution < -0.4 is 10.1 Å². The molecular formula is C25H31ClN2O3. The number of carbonyl (C=O) groups is 2. The second-order valence-electron chi connectivity index (χ2n) is 8.08. The van der Waals surface area contributed by atoms with E-state index in [1.54, 1.807) is 29.2 Å². The van der Waals surface area contributed by atoms with Gasteiger partial charge >= 0.3 is 0 Å². The van der Waals surface area contributed by atoms with E-state index in [9.17, 15) is 9.59 Å². The van der Waals surface area contributed by atoms with Gasteiger partial charge in [0.2, 0.25) is 11.8 Å². The Balaban J connectivity index is 1.56. The fraction of sp³-hybridized carbons (Fsp3) is 0.440. The number of ether oxygens (including phenoxy) is 1. The first-order chi connectivity index (χ1) is 15.0. The Bertz CT molecular complexity index is 836. The average Bonchev–Trinajstić information content (AvgIpc) is 3.29. The van der Waals surface area contributed by atoms with Gasteiger partial charge in [0.05, 0.1) is 6.61 Å². The molecule has 1 atom stereocenters. The van der Waals surface area contributed by atoms with Gasteiger partial charge in [-0.1, -0.05) is 54.8 Å². The Hall–Kier alpha value is -2.53. The summed E-state index contributed by atoms with van der Waals surface area (Å²) in [6.45, 7) is 2.65. The van der Waals surface area contributed by atoms with Gasteiger partial charge in [0.15, 0.2) is 0 Å². The van der Waals surface area contributed by atoms with E-state index in [4.69, 9.17) is 16.3 Å². The molecule has 0 unspecified atom stereocenters. The van der Waals surface area contributed by atoms with Crippen molar-refractivity contribution in [2.24, 2.45) is 0 Å². The maximum Gasteiger partial charge on any atom is 0.242 e. The van der Waals surface area contributed by atoms with Gasteiger partial charge in [-0.3, -0.25) is 9.59 Å². The summed E-state index contributed by atoms with van der Waals surface area (Å²) in [7, 11) is 0. The standard InChI is InChI=1S/C25H31ClN2O3/c1-19(25(30)27-22-10-5-6-11-22)28(18-20-8-3-2-4-9-20)24(29)12-7-17-31-23-15-13-21(26)14-16-23/h2-4,8-9,13-16,19,22H,5-7,10-12,17-18H2,1H3,(H,27,30)/t19-/m1/s1. The van der Waals surface area contributed by atoms with Crippen LogP contribution in [-0.2, 0) is 16.1 Å². The van der Waals surface area contributed by atoms with Crippen LogP contribution in [0.1, 0.15) is 51.0 Å². The molecule has 31 heavy (non-hydrogen) atoms. The van der Waals surface area contributed by atoms with Crippen LogP contribution in [0.25, 0.3) is 0 Å². The predicted octanol–water partition coefficient (Wildman–Crippen LogP) is 4.98. The number of amides is 2. The highest BCUT2D eigenvalue weighted by Gasteiger charge is 2.28. The largest absolute Gasteiger partial charge is 0.494 e. The summed E-state index contributed by atoms with van der Waals surface area (Å²) in [5.74, 6) is 0.605. The molecule has 166 valence electrons. The molecule has 5 nitrogen and oxygen atoms in total. The average molecular weight is 443 g/mol. The van der Waals surface area contributed by atoms with Crippen molar-refractivity contribution in [2.45, 2.75) is 64.1 Å². The second-order valence-corrected chi connectivity index (χ2v) is 8.52. The van der Waals surface area contributed by atoms with Crippen LogP contribution in [-0.4, -0.2) is 35.4 Å². The first kappa shape index (κ1) is 23.1. The van der Waals surface area contributed by atoms with Crippen LogP contribution in [0.15, 0.2) is 54.6 Å². The van der Waals surface area contributed by atoms with E-state index in [1.165, 1.54) is 0 Å². The molecule has 2 aromatic rings. The molecule has 1 saturated carbocycles. The van der Waals surface area contributed by atoms with E-state index in [-0.39, 0.29) is 17.9 Å². The molecule has 0 heterocycles. The lowest BCUT2D eigenvalue weighted by Gasteiger charge is -2.30. The van der Waals surface area contributed by atoms with Gasteiger partial charge in [-0.25, -0.2) is 0 Å². The van der Waals surface area contributed by atoms with Crippen LogP contribution in [0, 0.1) is 0 Å². The van der Waals surface area contributed by atoms with Gasteiger partial charge in [0.1, 0.15) is 11.8 Å². The van der Waals surface area contributed by atoms with Crippen LogP contribution in [0.3, 0.4) is 0 Å². The van der Waals surface area contributed by atoms with Crippen molar-refractivity contribution in [1.29, 1.82) is 0 Å². The van der Waals surface area contributed by atoms with E-state index < -0.39 is 6.04 Å². The number of benzene rings is 2. The van der Waals surface area contributed by atoms with Crippen molar-refractivity contribution in [1.82, 2.24) is 10.2 Å². The number of nitrogens with zero attached hydrogens (tertiary/aromatic N) is 1. The van der Waals surface area contributed by atoms with Gasteiger partial charge < -0.3 is 15.0 Å². The summed E-state index contributed by atoms with van der Waals surface area (Å²) in [6, 6.07) is 16.7. The SMILES string of the molecule is C[C@H](C(=O)NC1CCCC1)N(Cc1ccccc1)C(=O)CCCOc1ccc(Cl)cc1. The highest BCUT2D eigenvalue weighted by atomic mass is 35.5. The van der Waals surface area contributed by atoms with Crippen molar-refractivity contribution >= 4 is 23.4 Å². The normalized spacial score (nSPS) is 14.8. The lowest BCUT2D eigenvalue weighted by molar-refractivity contribution is -0.141. The van der Waals surface area contributed by atoms with Crippen LogP contribution in [0.4, 0.5) is 0 Å². The summed E-state index contributed by atoms with van der Waals surface area (Å²) in [5, 5.41) is 3.78. The molecule has 1 N–H and O–H groups in total. The van der Waals surface area contributed by atoms with Crippen LogP contribution >= 0.6 is 11.6 Å². The van der Waals surface area contributed by atoms with E-state index in [0.29, 0.717) is 31.0 Å². The second kappa shape index (κ2) is 11.8. The first-order valence-corrected chi connectivity index (χ1v) is 11.4. The maximum atomic E-state index is 13.1. The summed E-state index contributed by atoms with van der Waals surface area (Å²) < 4.78 is 5.70. The molecule has 1 fully saturated rings.